The molecule has 1 saturated heterocycles. The van der Waals surface area contributed by atoms with Gasteiger partial charge in [-0.15, -0.1) is 0 Å². The third-order valence-corrected chi connectivity index (χ3v) is 4.23. The van der Waals surface area contributed by atoms with Gasteiger partial charge in [-0.2, -0.15) is 0 Å². The van der Waals surface area contributed by atoms with E-state index in [2.05, 4.69) is 18.7 Å². The first-order chi connectivity index (χ1) is 8.15. The first kappa shape index (κ1) is 13.3. The molecule has 0 aromatic rings. The molecule has 4 atom stereocenters. The van der Waals surface area contributed by atoms with Crippen molar-refractivity contribution in [1.82, 2.24) is 4.90 Å². The van der Waals surface area contributed by atoms with Crippen LogP contribution >= 0.6 is 0 Å². The van der Waals surface area contributed by atoms with Crippen LogP contribution in [0.4, 0.5) is 0 Å². The predicted molar refractivity (Wildman–Crippen MR) is 69.0 cm³/mol. The van der Waals surface area contributed by atoms with Crippen LogP contribution in [0.3, 0.4) is 0 Å². The van der Waals surface area contributed by atoms with Crippen molar-refractivity contribution in [3.05, 3.63) is 0 Å². The Labute approximate surface area is 105 Å². The average Bonchev–Trinajstić information content (AvgIpc) is 2.48. The number of aliphatic hydroxyl groups excluding tert-OH is 1. The number of ether oxygens (including phenoxy) is 1. The van der Waals surface area contributed by atoms with Crippen LogP contribution in [0.15, 0.2) is 0 Å². The highest BCUT2D eigenvalue weighted by Crippen LogP contribution is 2.29. The summed E-state index contributed by atoms with van der Waals surface area (Å²) in [6.07, 6.45) is 4.76. The van der Waals surface area contributed by atoms with Gasteiger partial charge in [-0.1, -0.05) is 6.92 Å². The molecule has 1 aliphatic carbocycles. The molecule has 4 unspecified atom stereocenters. The largest absolute Gasteiger partial charge is 0.393 e. The van der Waals surface area contributed by atoms with E-state index < -0.39 is 0 Å². The van der Waals surface area contributed by atoms with Crippen molar-refractivity contribution >= 4 is 0 Å². The lowest BCUT2D eigenvalue weighted by Crippen LogP contribution is -2.40. The van der Waals surface area contributed by atoms with Crippen LogP contribution < -0.4 is 0 Å². The Kier molecular flexibility index (Phi) is 4.83. The van der Waals surface area contributed by atoms with Gasteiger partial charge in [0.05, 0.1) is 12.2 Å². The number of aliphatic hydroxyl groups is 1. The van der Waals surface area contributed by atoms with E-state index in [-0.39, 0.29) is 6.10 Å². The molecule has 0 aromatic heterocycles. The normalized spacial score (nSPS) is 41.1. The second kappa shape index (κ2) is 6.17. The van der Waals surface area contributed by atoms with Gasteiger partial charge in [0.1, 0.15) is 0 Å². The Balaban J connectivity index is 1.85. The molecule has 0 aromatic carbocycles. The first-order valence-electron chi connectivity index (χ1n) is 7.17. The summed E-state index contributed by atoms with van der Waals surface area (Å²) in [7, 11) is 0. The SMILES string of the molecule is CC1CCC(O)C(CN2CCCOC(C)C2)C1. The van der Waals surface area contributed by atoms with Gasteiger partial charge in [0.15, 0.2) is 0 Å². The van der Waals surface area contributed by atoms with Gasteiger partial charge >= 0.3 is 0 Å². The monoisotopic (exact) mass is 241 g/mol. The van der Waals surface area contributed by atoms with E-state index in [1.54, 1.807) is 0 Å². The molecule has 1 saturated carbocycles. The molecular weight excluding hydrogens is 214 g/mol. The molecule has 0 spiro atoms. The van der Waals surface area contributed by atoms with Gasteiger partial charge in [0.2, 0.25) is 0 Å². The lowest BCUT2D eigenvalue weighted by atomic mass is 9.80. The Bertz CT molecular complexity index is 234. The number of nitrogens with zero attached hydrogens (tertiary/aromatic N) is 1. The van der Waals surface area contributed by atoms with Crippen LogP contribution in [-0.2, 0) is 4.74 Å². The van der Waals surface area contributed by atoms with Gasteiger partial charge < -0.3 is 14.7 Å². The van der Waals surface area contributed by atoms with Crippen molar-refractivity contribution in [3.8, 4) is 0 Å². The van der Waals surface area contributed by atoms with Crippen LogP contribution in [0.1, 0.15) is 39.5 Å². The van der Waals surface area contributed by atoms with E-state index in [1.807, 2.05) is 0 Å². The third kappa shape index (κ3) is 3.94. The van der Waals surface area contributed by atoms with Crippen molar-refractivity contribution in [3.63, 3.8) is 0 Å². The fraction of sp³-hybridized carbons (Fsp3) is 1.00. The lowest BCUT2D eigenvalue weighted by molar-refractivity contribution is 0.0221. The minimum Gasteiger partial charge on any atom is -0.393 e. The Morgan fingerprint density at radius 2 is 2.12 bits per heavy atom. The summed E-state index contributed by atoms with van der Waals surface area (Å²) in [4.78, 5) is 2.49. The van der Waals surface area contributed by atoms with E-state index in [1.165, 1.54) is 12.8 Å². The minimum atomic E-state index is -0.0781. The quantitative estimate of drug-likeness (QED) is 0.801. The minimum absolute atomic E-state index is 0.0781. The number of hydrogen-bond donors (Lipinski definition) is 1. The van der Waals surface area contributed by atoms with E-state index in [0.717, 1.165) is 45.0 Å². The van der Waals surface area contributed by atoms with Crippen molar-refractivity contribution in [2.45, 2.75) is 51.7 Å². The molecule has 2 aliphatic rings. The summed E-state index contributed by atoms with van der Waals surface area (Å²) >= 11 is 0. The lowest BCUT2D eigenvalue weighted by Gasteiger charge is -2.35. The molecule has 1 aliphatic heterocycles. The second-order valence-electron chi connectivity index (χ2n) is 6.04. The summed E-state index contributed by atoms with van der Waals surface area (Å²) in [5, 5.41) is 10.1. The molecule has 3 heteroatoms. The predicted octanol–water partition coefficient (Wildman–Crippen LogP) is 1.89. The second-order valence-corrected chi connectivity index (χ2v) is 6.04. The topological polar surface area (TPSA) is 32.7 Å². The molecule has 2 rings (SSSR count). The van der Waals surface area contributed by atoms with Crippen LogP contribution in [0, 0.1) is 11.8 Å². The molecular formula is C14H27NO2. The van der Waals surface area contributed by atoms with E-state index in [0.29, 0.717) is 12.0 Å². The van der Waals surface area contributed by atoms with Crippen molar-refractivity contribution in [1.29, 1.82) is 0 Å². The van der Waals surface area contributed by atoms with Gasteiger partial charge in [-0.05, 0) is 44.4 Å². The highest BCUT2D eigenvalue weighted by atomic mass is 16.5. The Morgan fingerprint density at radius 3 is 2.94 bits per heavy atom. The molecule has 100 valence electrons. The molecule has 0 bridgehead atoms. The fourth-order valence-corrected chi connectivity index (χ4v) is 3.26. The zero-order valence-corrected chi connectivity index (χ0v) is 11.3. The maximum atomic E-state index is 10.1. The zero-order chi connectivity index (χ0) is 12.3. The van der Waals surface area contributed by atoms with Gasteiger partial charge in [-0.25, -0.2) is 0 Å². The highest BCUT2D eigenvalue weighted by Gasteiger charge is 2.29. The molecule has 17 heavy (non-hydrogen) atoms. The summed E-state index contributed by atoms with van der Waals surface area (Å²) < 4.78 is 5.67. The summed E-state index contributed by atoms with van der Waals surface area (Å²) in [5.41, 5.74) is 0. The first-order valence-corrected chi connectivity index (χ1v) is 7.17. The Hall–Kier alpha value is -0.120. The summed E-state index contributed by atoms with van der Waals surface area (Å²) in [6.45, 7) is 8.56. The maximum absolute atomic E-state index is 10.1. The van der Waals surface area contributed by atoms with Crippen LogP contribution in [0.2, 0.25) is 0 Å². The van der Waals surface area contributed by atoms with Crippen molar-refractivity contribution < 1.29 is 9.84 Å². The smallest absolute Gasteiger partial charge is 0.0673 e. The van der Waals surface area contributed by atoms with Crippen LogP contribution in [-0.4, -0.2) is 48.5 Å². The average molecular weight is 241 g/mol. The summed E-state index contributed by atoms with van der Waals surface area (Å²) in [5.74, 6) is 1.26. The number of hydrogen-bond acceptors (Lipinski definition) is 3. The molecule has 1 heterocycles. The van der Waals surface area contributed by atoms with E-state index in [4.69, 9.17) is 4.74 Å². The zero-order valence-electron chi connectivity index (χ0n) is 11.3. The number of rotatable bonds is 2. The Morgan fingerprint density at radius 1 is 1.29 bits per heavy atom. The standard InChI is InChI=1S/C14H27NO2/c1-11-4-5-14(16)13(8-11)10-15-6-3-7-17-12(2)9-15/h11-14,16H,3-10H2,1-2H3. The van der Waals surface area contributed by atoms with Crippen molar-refractivity contribution in [2.75, 3.05) is 26.2 Å². The molecule has 0 amide bonds. The molecule has 1 N–H and O–H groups in total. The molecule has 2 fully saturated rings. The third-order valence-electron chi connectivity index (χ3n) is 4.23. The fourth-order valence-electron chi connectivity index (χ4n) is 3.26. The molecule has 3 nitrogen and oxygen atoms in total. The highest BCUT2D eigenvalue weighted by molar-refractivity contribution is 4.81. The maximum Gasteiger partial charge on any atom is 0.0673 e. The summed E-state index contributed by atoms with van der Waals surface area (Å²) in [6, 6.07) is 0. The van der Waals surface area contributed by atoms with Crippen molar-refractivity contribution in [2.24, 2.45) is 11.8 Å². The van der Waals surface area contributed by atoms with Crippen LogP contribution in [0.25, 0.3) is 0 Å². The van der Waals surface area contributed by atoms with Gasteiger partial charge in [0, 0.05) is 26.2 Å². The van der Waals surface area contributed by atoms with Gasteiger partial charge in [-0.3, -0.25) is 0 Å². The van der Waals surface area contributed by atoms with Crippen LogP contribution in [0.5, 0.6) is 0 Å². The molecule has 0 radical (unpaired) electrons. The van der Waals surface area contributed by atoms with Gasteiger partial charge in [0.25, 0.3) is 0 Å². The van der Waals surface area contributed by atoms with E-state index >= 15 is 0 Å². The van der Waals surface area contributed by atoms with E-state index in [9.17, 15) is 5.11 Å².